The summed E-state index contributed by atoms with van der Waals surface area (Å²) in [4.78, 5) is 25.2. The van der Waals surface area contributed by atoms with Crippen LogP contribution in [0.5, 0.6) is 0 Å². The number of sulfone groups is 1. The maximum atomic E-state index is 13.1. The molecule has 6 nitrogen and oxygen atoms in total. The molecule has 7 heteroatoms. The fourth-order valence-corrected chi connectivity index (χ4v) is 4.39. The molecule has 1 N–H and O–H groups in total. The van der Waals surface area contributed by atoms with Crippen LogP contribution in [0.3, 0.4) is 0 Å². The van der Waals surface area contributed by atoms with Gasteiger partial charge in [-0.05, 0) is 44.5 Å². The first-order valence-corrected chi connectivity index (χ1v) is 9.53. The number of carboxylic acids is 1. The molecule has 1 atom stereocenters. The Balaban J connectivity index is 2.12. The van der Waals surface area contributed by atoms with E-state index in [4.69, 9.17) is 0 Å². The Bertz CT molecular complexity index is 957. The lowest BCUT2D eigenvalue weighted by atomic mass is 9.76. The van der Waals surface area contributed by atoms with Crippen molar-refractivity contribution in [3.8, 4) is 0 Å². The van der Waals surface area contributed by atoms with Crippen LogP contribution in [0.15, 0.2) is 47.5 Å². The van der Waals surface area contributed by atoms with Crippen molar-refractivity contribution in [1.29, 1.82) is 0 Å². The molecule has 0 spiro atoms. The van der Waals surface area contributed by atoms with Gasteiger partial charge in [-0.1, -0.05) is 12.1 Å². The van der Waals surface area contributed by atoms with Crippen molar-refractivity contribution in [2.75, 3.05) is 0 Å². The van der Waals surface area contributed by atoms with Crippen LogP contribution in [-0.4, -0.2) is 35.1 Å². The van der Waals surface area contributed by atoms with Crippen LogP contribution in [-0.2, 0) is 26.6 Å². The molecule has 1 aromatic carbocycles. The molecule has 0 saturated carbocycles. The SMILES string of the molecule is CC(C)S(=O)(=O)c1cccc(C(=O)C2(C(=O)O)CCn3cccc32)c1. The van der Waals surface area contributed by atoms with Crippen molar-refractivity contribution in [3.63, 3.8) is 0 Å². The summed E-state index contributed by atoms with van der Waals surface area (Å²) >= 11 is 0. The van der Waals surface area contributed by atoms with Gasteiger partial charge >= 0.3 is 5.97 Å². The number of rotatable bonds is 5. The first kappa shape index (κ1) is 17.4. The fraction of sp³-hybridized carbons (Fsp3) is 0.333. The van der Waals surface area contributed by atoms with Crippen LogP contribution in [0.1, 0.15) is 36.3 Å². The number of carbonyl (C=O) groups is 2. The number of aryl methyl sites for hydroxylation is 1. The number of carboxylic acid groups (broad SMARTS) is 1. The molecule has 0 amide bonds. The quantitative estimate of drug-likeness (QED) is 0.651. The number of fused-ring (bicyclic) bond motifs is 1. The normalized spacial score (nSPS) is 19.8. The Morgan fingerprint density at radius 2 is 1.92 bits per heavy atom. The average molecular weight is 361 g/mol. The van der Waals surface area contributed by atoms with Gasteiger partial charge in [0, 0.05) is 24.0 Å². The standard InChI is InChI=1S/C18H19NO5S/c1-12(2)25(23,24)14-6-3-5-13(11-14)16(20)18(17(21)22)8-10-19-9-4-7-15(18)19/h3-7,9,11-12H,8,10H2,1-2H3,(H,21,22). The molecule has 25 heavy (non-hydrogen) atoms. The number of aliphatic carboxylic acids is 1. The summed E-state index contributed by atoms with van der Waals surface area (Å²) < 4.78 is 26.5. The van der Waals surface area contributed by atoms with E-state index >= 15 is 0 Å². The molecule has 1 aromatic heterocycles. The largest absolute Gasteiger partial charge is 0.480 e. The van der Waals surface area contributed by atoms with E-state index in [1.165, 1.54) is 24.3 Å². The van der Waals surface area contributed by atoms with Gasteiger partial charge in [0.1, 0.15) is 0 Å². The van der Waals surface area contributed by atoms with Gasteiger partial charge in [-0.15, -0.1) is 0 Å². The van der Waals surface area contributed by atoms with Crippen LogP contribution >= 0.6 is 0 Å². The minimum Gasteiger partial charge on any atom is -0.480 e. The molecule has 1 aliphatic rings. The maximum Gasteiger partial charge on any atom is 0.323 e. The molecule has 2 heterocycles. The smallest absolute Gasteiger partial charge is 0.323 e. The topological polar surface area (TPSA) is 93.4 Å². The van der Waals surface area contributed by atoms with Crippen LogP contribution in [0.4, 0.5) is 0 Å². The van der Waals surface area contributed by atoms with Gasteiger partial charge < -0.3 is 9.67 Å². The molecule has 1 unspecified atom stereocenters. The summed E-state index contributed by atoms with van der Waals surface area (Å²) in [6.07, 6.45) is 1.89. The fourth-order valence-electron chi connectivity index (χ4n) is 3.29. The third kappa shape index (κ3) is 2.50. The highest BCUT2D eigenvalue weighted by atomic mass is 32.2. The zero-order chi connectivity index (χ0) is 18.4. The molecule has 2 aromatic rings. The van der Waals surface area contributed by atoms with E-state index in [1.54, 1.807) is 36.7 Å². The minimum atomic E-state index is -3.55. The molecular weight excluding hydrogens is 342 g/mol. The number of nitrogens with zero attached hydrogens (tertiary/aromatic N) is 1. The molecule has 132 valence electrons. The van der Waals surface area contributed by atoms with Gasteiger partial charge in [0.05, 0.1) is 10.1 Å². The summed E-state index contributed by atoms with van der Waals surface area (Å²) in [6.45, 7) is 3.56. The Hall–Kier alpha value is -2.41. The summed E-state index contributed by atoms with van der Waals surface area (Å²) in [5, 5.41) is 9.20. The molecule has 0 aliphatic carbocycles. The van der Waals surface area contributed by atoms with Crippen molar-refractivity contribution in [1.82, 2.24) is 4.57 Å². The number of ketones is 1. The molecule has 0 fully saturated rings. The Morgan fingerprint density at radius 3 is 2.56 bits per heavy atom. The summed E-state index contributed by atoms with van der Waals surface area (Å²) in [5.41, 5.74) is -1.15. The second-order valence-electron chi connectivity index (χ2n) is 6.50. The summed E-state index contributed by atoms with van der Waals surface area (Å²) in [6, 6.07) is 9.00. The van der Waals surface area contributed by atoms with E-state index < -0.39 is 32.3 Å². The Morgan fingerprint density at radius 1 is 1.20 bits per heavy atom. The predicted octanol–water partition coefficient (Wildman–Crippen LogP) is 2.28. The third-order valence-electron chi connectivity index (χ3n) is 4.79. The Kier molecular flexibility index (Phi) is 4.07. The van der Waals surface area contributed by atoms with E-state index in [-0.39, 0.29) is 16.9 Å². The highest BCUT2D eigenvalue weighted by Crippen LogP contribution is 2.39. The van der Waals surface area contributed by atoms with E-state index in [2.05, 4.69) is 0 Å². The number of carbonyl (C=O) groups excluding carboxylic acids is 1. The van der Waals surface area contributed by atoms with Crippen molar-refractivity contribution >= 4 is 21.6 Å². The van der Waals surface area contributed by atoms with Crippen molar-refractivity contribution in [3.05, 3.63) is 53.9 Å². The predicted molar refractivity (Wildman–Crippen MR) is 91.5 cm³/mol. The van der Waals surface area contributed by atoms with Gasteiger partial charge in [0.25, 0.3) is 0 Å². The van der Waals surface area contributed by atoms with Crippen LogP contribution in [0.25, 0.3) is 0 Å². The lowest BCUT2D eigenvalue weighted by Gasteiger charge is -2.22. The zero-order valence-corrected chi connectivity index (χ0v) is 14.8. The average Bonchev–Trinajstić information content (AvgIpc) is 3.16. The summed E-state index contributed by atoms with van der Waals surface area (Å²) in [7, 11) is -3.55. The van der Waals surface area contributed by atoms with Gasteiger partial charge in [-0.2, -0.15) is 0 Å². The lowest BCUT2D eigenvalue weighted by molar-refractivity contribution is -0.141. The molecule has 0 saturated heterocycles. The number of aromatic nitrogens is 1. The highest BCUT2D eigenvalue weighted by molar-refractivity contribution is 7.92. The zero-order valence-electron chi connectivity index (χ0n) is 14.0. The first-order valence-electron chi connectivity index (χ1n) is 7.99. The van der Waals surface area contributed by atoms with Crippen LogP contribution < -0.4 is 0 Å². The van der Waals surface area contributed by atoms with E-state index in [9.17, 15) is 23.1 Å². The molecule has 0 bridgehead atoms. The van der Waals surface area contributed by atoms with Gasteiger partial charge in [-0.25, -0.2) is 8.42 Å². The molecule has 0 radical (unpaired) electrons. The lowest BCUT2D eigenvalue weighted by Crippen LogP contribution is -2.42. The van der Waals surface area contributed by atoms with Crippen molar-refractivity contribution in [2.45, 2.75) is 42.4 Å². The maximum absolute atomic E-state index is 13.1. The van der Waals surface area contributed by atoms with Crippen molar-refractivity contribution < 1.29 is 23.1 Å². The molecule has 3 rings (SSSR count). The molecular formula is C18H19NO5S. The van der Waals surface area contributed by atoms with Gasteiger partial charge in [-0.3, -0.25) is 9.59 Å². The van der Waals surface area contributed by atoms with E-state index in [0.29, 0.717) is 12.2 Å². The van der Waals surface area contributed by atoms with Gasteiger partial charge in [0.15, 0.2) is 21.0 Å². The number of Topliss-reactive ketones (excluding diaryl/α,β-unsaturated/α-hetero) is 1. The highest BCUT2D eigenvalue weighted by Gasteiger charge is 2.52. The third-order valence-corrected chi connectivity index (χ3v) is 6.94. The summed E-state index contributed by atoms with van der Waals surface area (Å²) in [5.74, 6) is -1.80. The van der Waals surface area contributed by atoms with Gasteiger partial charge in [0.2, 0.25) is 0 Å². The number of hydrogen-bond acceptors (Lipinski definition) is 4. The van der Waals surface area contributed by atoms with Crippen LogP contribution in [0.2, 0.25) is 0 Å². The number of benzene rings is 1. The second-order valence-corrected chi connectivity index (χ2v) is 9.00. The monoisotopic (exact) mass is 361 g/mol. The van der Waals surface area contributed by atoms with Crippen molar-refractivity contribution in [2.24, 2.45) is 0 Å². The van der Waals surface area contributed by atoms with Crippen LogP contribution in [0, 0.1) is 0 Å². The van der Waals surface area contributed by atoms with E-state index in [1.807, 2.05) is 0 Å². The molecule has 1 aliphatic heterocycles. The minimum absolute atomic E-state index is 0.0299. The first-order chi connectivity index (χ1) is 11.7. The second kappa shape index (κ2) is 5.84. The Labute approximate surface area is 146 Å². The number of hydrogen-bond donors (Lipinski definition) is 1. The van der Waals surface area contributed by atoms with E-state index in [0.717, 1.165) is 0 Å².